The highest BCUT2D eigenvalue weighted by Crippen LogP contribution is 2.42. The van der Waals surface area contributed by atoms with Gasteiger partial charge in [-0.15, -0.1) is 0 Å². The molecule has 2 rings (SSSR count). The highest BCUT2D eigenvalue weighted by atomic mass is 19.1. The normalized spacial score (nSPS) is 46.0. The maximum absolute atomic E-state index is 14.0. The van der Waals surface area contributed by atoms with Crippen LogP contribution in [0.1, 0.15) is 45.4 Å². The summed E-state index contributed by atoms with van der Waals surface area (Å²) in [5, 5.41) is 0. The first-order valence-electron chi connectivity index (χ1n) is 7.07. The highest BCUT2D eigenvalue weighted by molar-refractivity contribution is 4.89. The van der Waals surface area contributed by atoms with Crippen molar-refractivity contribution in [1.29, 1.82) is 0 Å². The van der Waals surface area contributed by atoms with Crippen LogP contribution in [0.15, 0.2) is 0 Å². The number of hydrogen-bond acceptors (Lipinski definition) is 1. The lowest BCUT2D eigenvalue weighted by Gasteiger charge is -2.40. The smallest absolute Gasteiger partial charge is 0.188 e. The molecule has 0 radical (unpaired) electrons. The Kier molecular flexibility index (Phi) is 4.93. The molecule has 0 aromatic rings. The molecule has 18 heavy (non-hydrogen) atoms. The van der Waals surface area contributed by atoms with Gasteiger partial charge in [0.15, 0.2) is 6.86 Å². The molecule has 0 heterocycles. The van der Waals surface area contributed by atoms with E-state index in [2.05, 4.69) is 6.92 Å². The van der Waals surface area contributed by atoms with Crippen LogP contribution in [-0.2, 0) is 4.74 Å². The van der Waals surface area contributed by atoms with E-state index in [0.717, 1.165) is 19.3 Å². The monoisotopic (exact) mass is 264 g/mol. The Hall–Kier alpha value is -0.250. The molecular formula is C14H23F3O. The highest BCUT2D eigenvalue weighted by Gasteiger charge is 2.40. The van der Waals surface area contributed by atoms with Crippen molar-refractivity contribution in [2.24, 2.45) is 17.8 Å². The molecule has 2 fully saturated rings. The lowest BCUT2D eigenvalue weighted by Crippen LogP contribution is -2.39. The summed E-state index contributed by atoms with van der Waals surface area (Å²) in [7, 11) is 0. The van der Waals surface area contributed by atoms with Gasteiger partial charge in [0.25, 0.3) is 0 Å². The second-order valence-corrected chi connectivity index (χ2v) is 6.00. The molecule has 0 aromatic heterocycles. The minimum absolute atomic E-state index is 0.00535. The van der Waals surface area contributed by atoms with Crippen LogP contribution in [0.25, 0.3) is 0 Å². The van der Waals surface area contributed by atoms with Crippen LogP contribution in [0.2, 0.25) is 0 Å². The molecule has 0 aliphatic heterocycles. The van der Waals surface area contributed by atoms with Crippen molar-refractivity contribution in [3.05, 3.63) is 0 Å². The predicted octanol–water partition coefficient (Wildman–Crippen LogP) is 4.21. The third kappa shape index (κ3) is 3.19. The fourth-order valence-corrected chi connectivity index (χ4v) is 3.64. The van der Waals surface area contributed by atoms with Crippen LogP contribution < -0.4 is 0 Å². The van der Waals surface area contributed by atoms with Gasteiger partial charge in [-0.3, -0.25) is 0 Å². The lowest BCUT2D eigenvalue weighted by molar-refractivity contribution is -0.0803. The van der Waals surface area contributed by atoms with Crippen molar-refractivity contribution in [3.8, 4) is 0 Å². The van der Waals surface area contributed by atoms with Gasteiger partial charge in [-0.05, 0) is 49.9 Å². The molecule has 0 aromatic carbocycles. The third-order valence-corrected chi connectivity index (χ3v) is 4.72. The summed E-state index contributed by atoms with van der Waals surface area (Å²) >= 11 is 0. The summed E-state index contributed by atoms with van der Waals surface area (Å²) in [5.41, 5.74) is 0. The van der Waals surface area contributed by atoms with E-state index in [1.807, 2.05) is 0 Å². The molecule has 0 bridgehead atoms. The Morgan fingerprint density at radius 3 is 2.39 bits per heavy atom. The molecule has 106 valence electrons. The van der Waals surface area contributed by atoms with E-state index in [1.165, 1.54) is 0 Å². The van der Waals surface area contributed by atoms with Gasteiger partial charge in [-0.25, -0.2) is 13.2 Å². The van der Waals surface area contributed by atoms with Gasteiger partial charge in [0.05, 0.1) is 6.10 Å². The molecular weight excluding hydrogens is 241 g/mol. The van der Waals surface area contributed by atoms with Crippen molar-refractivity contribution in [3.63, 3.8) is 0 Å². The van der Waals surface area contributed by atoms with Crippen molar-refractivity contribution >= 4 is 0 Å². The first-order chi connectivity index (χ1) is 8.61. The van der Waals surface area contributed by atoms with Crippen LogP contribution in [0.3, 0.4) is 0 Å². The van der Waals surface area contributed by atoms with Gasteiger partial charge in [0.2, 0.25) is 0 Å². The van der Waals surface area contributed by atoms with E-state index in [4.69, 9.17) is 4.74 Å². The molecule has 0 amide bonds. The van der Waals surface area contributed by atoms with Gasteiger partial charge >= 0.3 is 0 Å². The van der Waals surface area contributed by atoms with Crippen LogP contribution in [0, 0.1) is 17.8 Å². The Balaban J connectivity index is 1.87. The van der Waals surface area contributed by atoms with Gasteiger partial charge in [0, 0.05) is 0 Å². The summed E-state index contributed by atoms with van der Waals surface area (Å²) in [5.74, 6) is 0.566. The van der Waals surface area contributed by atoms with Crippen molar-refractivity contribution < 1.29 is 17.9 Å². The Morgan fingerprint density at radius 1 is 1.00 bits per heavy atom. The summed E-state index contributed by atoms with van der Waals surface area (Å²) in [6, 6.07) is 0. The maximum atomic E-state index is 14.0. The van der Waals surface area contributed by atoms with E-state index in [0.29, 0.717) is 25.2 Å². The number of halogens is 3. The zero-order valence-corrected chi connectivity index (χ0v) is 11.0. The SMILES string of the molecule is CC1CCC(C2CCC(OCF)C(F)C2)C(F)C1. The second-order valence-electron chi connectivity index (χ2n) is 6.00. The van der Waals surface area contributed by atoms with Crippen molar-refractivity contribution in [2.45, 2.75) is 63.9 Å². The second kappa shape index (κ2) is 6.27. The topological polar surface area (TPSA) is 9.23 Å². The third-order valence-electron chi connectivity index (χ3n) is 4.72. The van der Waals surface area contributed by atoms with E-state index >= 15 is 0 Å². The van der Waals surface area contributed by atoms with Gasteiger partial charge in [-0.2, -0.15) is 0 Å². The summed E-state index contributed by atoms with van der Waals surface area (Å²) in [6.07, 6.45) is 1.62. The van der Waals surface area contributed by atoms with Crippen LogP contribution in [0.4, 0.5) is 13.2 Å². The van der Waals surface area contributed by atoms with E-state index in [-0.39, 0.29) is 11.8 Å². The fraction of sp³-hybridized carbons (Fsp3) is 1.00. The number of ether oxygens (including phenoxy) is 1. The molecule has 6 atom stereocenters. The molecule has 0 saturated heterocycles. The average Bonchev–Trinajstić information content (AvgIpc) is 2.32. The van der Waals surface area contributed by atoms with Crippen molar-refractivity contribution in [2.75, 3.05) is 6.86 Å². The molecule has 0 N–H and O–H groups in total. The summed E-state index contributed by atoms with van der Waals surface area (Å²) in [4.78, 5) is 0. The summed E-state index contributed by atoms with van der Waals surface area (Å²) < 4.78 is 44.7. The lowest BCUT2D eigenvalue weighted by atomic mass is 9.69. The Labute approximate surface area is 107 Å². The molecule has 2 aliphatic rings. The molecule has 4 heteroatoms. The first kappa shape index (κ1) is 14.2. The fourth-order valence-electron chi connectivity index (χ4n) is 3.64. The molecule has 1 nitrogen and oxygen atoms in total. The molecule has 0 spiro atoms. The largest absolute Gasteiger partial charge is 0.344 e. The summed E-state index contributed by atoms with van der Waals surface area (Å²) in [6.45, 7) is 1.15. The standard InChI is InChI=1S/C14H23F3O/c1-9-2-4-11(12(16)6-9)10-3-5-14(18-8-15)13(17)7-10/h9-14H,2-8H2,1H3. The minimum Gasteiger partial charge on any atom is -0.344 e. The van der Waals surface area contributed by atoms with E-state index < -0.39 is 25.3 Å². The van der Waals surface area contributed by atoms with Gasteiger partial charge < -0.3 is 4.74 Å². The number of rotatable bonds is 3. The molecule has 2 aliphatic carbocycles. The van der Waals surface area contributed by atoms with Crippen LogP contribution >= 0.6 is 0 Å². The van der Waals surface area contributed by atoms with E-state index in [1.54, 1.807) is 0 Å². The molecule has 6 unspecified atom stereocenters. The number of alkyl halides is 3. The van der Waals surface area contributed by atoms with Crippen LogP contribution in [-0.4, -0.2) is 25.3 Å². The maximum Gasteiger partial charge on any atom is 0.188 e. The Morgan fingerprint density at radius 2 is 1.78 bits per heavy atom. The van der Waals surface area contributed by atoms with Gasteiger partial charge in [0.1, 0.15) is 12.3 Å². The predicted molar refractivity (Wildman–Crippen MR) is 64.5 cm³/mol. The minimum atomic E-state index is -1.13. The molecule has 2 saturated carbocycles. The van der Waals surface area contributed by atoms with Crippen LogP contribution in [0.5, 0.6) is 0 Å². The Bertz CT molecular complexity index is 261. The first-order valence-corrected chi connectivity index (χ1v) is 7.07. The zero-order chi connectivity index (χ0) is 13.1. The number of hydrogen-bond donors (Lipinski definition) is 0. The van der Waals surface area contributed by atoms with Crippen molar-refractivity contribution in [1.82, 2.24) is 0 Å². The average molecular weight is 264 g/mol. The van der Waals surface area contributed by atoms with E-state index in [9.17, 15) is 13.2 Å². The zero-order valence-electron chi connectivity index (χ0n) is 11.0. The quantitative estimate of drug-likeness (QED) is 0.742. The van der Waals surface area contributed by atoms with Gasteiger partial charge in [-0.1, -0.05) is 13.3 Å².